The molecule has 0 fully saturated rings. The van der Waals surface area contributed by atoms with Crippen molar-refractivity contribution in [3.8, 4) is 0 Å². The highest BCUT2D eigenvalue weighted by atomic mass is 35.5. The van der Waals surface area contributed by atoms with Crippen molar-refractivity contribution in [3.05, 3.63) is 55.4 Å². The molecule has 0 saturated carbocycles. The second kappa shape index (κ2) is 7.11. The van der Waals surface area contributed by atoms with Crippen molar-refractivity contribution in [2.45, 2.75) is 9.79 Å². The van der Waals surface area contributed by atoms with Gasteiger partial charge in [-0.15, -0.1) is 0 Å². The summed E-state index contributed by atoms with van der Waals surface area (Å²) in [6.07, 6.45) is 0. The van der Waals surface area contributed by atoms with Gasteiger partial charge in [0, 0.05) is 14.7 Å². The summed E-state index contributed by atoms with van der Waals surface area (Å²) in [4.78, 5) is -0.0315. The van der Waals surface area contributed by atoms with Crippen LogP contribution in [0.5, 0.6) is 0 Å². The average Bonchev–Trinajstić information content (AvgIpc) is 2.50. The Morgan fingerprint density at radius 1 is 0.783 bits per heavy atom. The lowest BCUT2D eigenvalue weighted by atomic mass is 10.3. The summed E-state index contributed by atoms with van der Waals surface area (Å²) in [6.45, 7) is 0. The Kier molecular flexibility index (Phi) is 6.18. The summed E-state index contributed by atoms with van der Waals surface area (Å²) in [5, 5.41) is -1.59. The minimum atomic E-state index is -5.50. The molecule has 0 amide bonds. The van der Waals surface area contributed by atoms with Gasteiger partial charge >= 0.3 is 0 Å². The largest absolute Gasteiger partial charge is 0.296 e. The molecule has 0 aromatic heterocycles. The highest BCUT2D eigenvalue weighted by molar-refractivity contribution is 9.11. The normalized spacial score (nSPS) is 13.6. The van der Waals surface area contributed by atoms with E-state index in [4.69, 9.17) is 58.0 Å². The minimum Gasteiger partial charge on any atom is -0.296 e. The first-order valence-electron chi connectivity index (χ1n) is 5.63. The van der Waals surface area contributed by atoms with Crippen LogP contribution in [0.2, 0.25) is 25.1 Å². The molecule has 3 nitrogen and oxygen atoms in total. The van der Waals surface area contributed by atoms with E-state index >= 15 is 0 Å². The Hall–Kier alpha value is 0.660. The molecule has 2 aromatic carbocycles. The fourth-order valence-corrected chi connectivity index (χ4v) is 9.28. The van der Waals surface area contributed by atoms with Gasteiger partial charge in [-0.3, -0.25) is 9.11 Å². The van der Waals surface area contributed by atoms with Gasteiger partial charge in [0.15, 0.2) is 8.66 Å². The van der Waals surface area contributed by atoms with Crippen molar-refractivity contribution in [2.75, 3.05) is 0 Å². The lowest BCUT2D eigenvalue weighted by molar-refractivity contribution is 0.415. The summed E-state index contributed by atoms with van der Waals surface area (Å²) in [5.74, 6) is 0. The predicted octanol–water partition coefficient (Wildman–Crippen LogP) is 7.43. The molecule has 2 rings (SSSR count). The van der Waals surface area contributed by atoms with Crippen LogP contribution in [-0.4, -0.2) is 13.3 Å². The molecular weight excluding hydrogens is 466 g/mol. The molecule has 0 radical (unpaired) electrons. The van der Waals surface area contributed by atoms with E-state index in [-0.39, 0.29) is 15.1 Å². The monoisotopic (exact) mass is 470 g/mol. The van der Waals surface area contributed by atoms with E-state index in [2.05, 4.69) is 0 Å². The zero-order valence-corrected chi connectivity index (χ0v) is 17.0. The maximum absolute atomic E-state index is 12.7. The van der Waals surface area contributed by atoms with Gasteiger partial charge in [0.2, 0.25) is 0 Å². The zero-order valence-electron chi connectivity index (χ0n) is 10.8. The fourth-order valence-electron chi connectivity index (χ4n) is 1.50. The molecule has 23 heavy (non-hydrogen) atoms. The Labute approximate surface area is 164 Å². The molecule has 0 atom stereocenters. The highest BCUT2D eigenvalue weighted by Gasteiger charge is 2.41. The van der Waals surface area contributed by atoms with E-state index in [1.54, 1.807) is 30.3 Å². The van der Waals surface area contributed by atoms with E-state index in [0.29, 0.717) is 14.7 Å². The number of benzene rings is 2. The van der Waals surface area contributed by atoms with Crippen molar-refractivity contribution < 1.29 is 13.3 Å². The summed E-state index contributed by atoms with van der Waals surface area (Å²) in [6, 6.07) is 8.67. The lowest BCUT2D eigenvalue weighted by Crippen LogP contribution is -2.26. The number of hydrogen-bond donors (Lipinski definition) is 2. The minimum absolute atomic E-state index is 0.170. The van der Waals surface area contributed by atoms with E-state index in [1.165, 1.54) is 0 Å². The third-order valence-electron chi connectivity index (χ3n) is 2.51. The van der Waals surface area contributed by atoms with Gasteiger partial charge in [0.05, 0.1) is 25.1 Å². The first-order chi connectivity index (χ1) is 10.5. The molecule has 0 aliphatic rings. The molecule has 2 aromatic rings. The molecule has 0 spiro atoms. The Morgan fingerprint density at radius 3 is 1.70 bits per heavy atom. The Bertz CT molecular complexity index is 793. The third-order valence-corrected chi connectivity index (χ3v) is 11.7. The highest BCUT2D eigenvalue weighted by Crippen LogP contribution is 2.58. The molecule has 126 valence electrons. The predicted molar refractivity (Wildman–Crippen MR) is 103 cm³/mol. The fraction of sp³-hybridized carbons (Fsp3) is 0. The second-order valence-corrected chi connectivity index (χ2v) is 12.8. The molecule has 0 bridgehead atoms. The van der Waals surface area contributed by atoms with Crippen LogP contribution in [0.3, 0.4) is 0 Å². The summed E-state index contributed by atoms with van der Waals surface area (Å²) >= 11 is 29.5. The molecular formula is C12H7Cl5O3S3. The molecule has 11 heteroatoms. The van der Waals surface area contributed by atoms with Crippen LogP contribution in [0, 0.1) is 0 Å². The molecule has 0 aliphatic carbocycles. The lowest BCUT2D eigenvalue weighted by Gasteiger charge is -2.31. The summed E-state index contributed by atoms with van der Waals surface area (Å²) in [7, 11) is -4.34. The van der Waals surface area contributed by atoms with Crippen molar-refractivity contribution in [2.24, 2.45) is 0 Å². The van der Waals surface area contributed by atoms with Crippen molar-refractivity contribution >= 4 is 87.3 Å². The first kappa shape index (κ1) is 20.0. The topological polar surface area (TPSA) is 57.5 Å². The quantitative estimate of drug-likeness (QED) is 0.275. The van der Waals surface area contributed by atoms with E-state index < -0.39 is 23.6 Å². The Morgan fingerprint density at radius 2 is 1.22 bits per heavy atom. The third kappa shape index (κ3) is 4.26. The van der Waals surface area contributed by atoms with Crippen molar-refractivity contribution in [1.82, 2.24) is 0 Å². The molecule has 0 heterocycles. The maximum Gasteiger partial charge on any atom is 0.169 e. The first-order valence-corrected chi connectivity index (χ1v) is 12.1. The van der Waals surface area contributed by atoms with E-state index in [1.807, 2.05) is 0 Å². The maximum atomic E-state index is 12.7. The molecule has 0 saturated heterocycles. The SMILES string of the molecule is O=S(O)(O)(SSc1ccccc1)c1c(Cl)c(Cl)c(Cl)c(Cl)c1Cl. The number of rotatable bonds is 4. The van der Waals surface area contributed by atoms with Gasteiger partial charge in [-0.05, 0) is 22.9 Å². The molecule has 2 N–H and O–H groups in total. The van der Waals surface area contributed by atoms with Crippen LogP contribution in [0.4, 0.5) is 0 Å². The van der Waals surface area contributed by atoms with Crippen LogP contribution in [0.15, 0.2) is 40.1 Å². The molecule has 0 aliphatic heterocycles. The molecule has 0 unspecified atom stereocenters. The van der Waals surface area contributed by atoms with Gasteiger partial charge < -0.3 is 0 Å². The zero-order chi connectivity index (χ0) is 17.4. The van der Waals surface area contributed by atoms with Crippen LogP contribution >= 0.6 is 78.6 Å². The van der Waals surface area contributed by atoms with Crippen LogP contribution in [0.25, 0.3) is 0 Å². The number of hydrogen-bond acceptors (Lipinski definition) is 3. The average molecular weight is 473 g/mol. The summed E-state index contributed by atoms with van der Waals surface area (Å²) < 4.78 is 33.4. The standard InChI is InChI=1S/C12H7Cl5O3S3/c13-7-8(14)10(16)12(11(17)9(7)15)23(18,19,20)22-21-6-4-2-1-3-5-6/h1-5H,(H2,18,19,20). The van der Waals surface area contributed by atoms with Gasteiger partial charge in [0.25, 0.3) is 0 Å². The van der Waals surface area contributed by atoms with Gasteiger partial charge in [-0.1, -0.05) is 76.2 Å². The second-order valence-electron chi connectivity index (χ2n) is 4.16. The van der Waals surface area contributed by atoms with Crippen molar-refractivity contribution in [3.63, 3.8) is 0 Å². The summed E-state index contributed by atoms with van der Waals surface area (Å²) in [5.41, 5.74) is 0. The van der Waals surface area contributed by atoms with Crippen LogP contribution in [-0.2, 0) is 8.66 Å². The number of halogens is 5. The van der Waals surface area contributed by atoms with E-state index in [9.17, 15) is 13.3 Å². The smallest absolute Gasteiger partial charge is 0.169 e. The Balaban J connectivity index is 2.52. The van der Waals surface area contributed by atoms with Crippen LogP contribution < -0.4 is 0 Å². The van der Waals surface area contributed by atoms with E-state index in [0.717, 1.165) is 10.8 Å². The van der Waals surface area contributed by atoms with Gasteiger partial charge in [-0.2, -0.15) is 0 Å². The van der Waals surface area contributed by atoms with Crippen molar-refractivity contribution in [1.29, 1.82) is 0 Å². The van der Waals surface area contributed by atoms with Crippen LogP contribution in [0.1, 0.15) is 0 Å². The van der Waals surface area contributed by atoms with Gasteiger partial charge in [0.1, 0.15) is 4.90 Å². The van der Waals surface area contributed by atoms with Gasteiger partial charge in [-0.25, -0.2) is 4.21 Å².